The summed E-state index contributed by atoms with van der Waals surface area (Å²) < 4.78 is 14.7. The molecule has 0 spiro atoms. The summed E-state index contributed by atoms with van der Waals surface area (Å²) in [5, 5.41) is 0. The van der Waals surface area contributed by atoms with E-state index in [2.05, 4.69) is 30.6 Å². The van der Waals surface area contributed by atoms with E-state index in [1.165, 1.54) is 51.4 Å². The summed E-state index contributed by atoms with van der Waals surface area (Å²) in [6.45, 7) is 15.5. The second kappa shape index (κ2) is 13.1. The van der Waals surface area contributed by atoms with Crippen LogP contribution in [0.5, 0.6) is 0 Å². The van der Waals surface area contributed by atoms with E-state index in [1.807, 2.05) is 13.8 Å². The molecule has 2 nitrogen and oxygen atoms in total. The lowest BCUT2D eigenvalue weighted by Crippen LogP contribution is -2.50. The van der Waals surface area contributed by atoms with Crippen molar-refractivity contribution in [2.45, 2.75) is 111 Å². The van der Waals surface area contributed by atoms with E-state index in [9.17, 15) is 4.39 Å². The summed E-state index contributed by atoms with van der Waals surface area (Å²) in [6, 6.07) is 0.564. The van der Waals surface area contributed by atoms with Crippen LogP contribution in [0.2, 0.25) is 0 Å². The van der Waals surface area contributed by atoms with Crippen LogP contribution in [0.25, 0.3) is 0 Å². The second-order valence-corrected chi connectivity index (χ2v) is 8.70. The third-order valence-electron chi connectivity index (χ3n) is 6.30. The maximum absolute atomic E-state index is 14.7. The fourth-order valence-electron chi connectivity index (χ4n) is 4.31. The summed E-state index contributed by atoms with van der Waals surface area (Å²) >= 11 is 0. The van der Waals surface area contributed by atoms with Gasteiger partial charge in [-0.3, -0.25) is 0 Å². The van der Waals surface area contributed by atoms with Gasteiger partial charge in [-0.2, -0.15) is 0 Å². The molecule has 0 amide bonds. The van der Waals surface area contributed by atoms with Gasteiger partial charge in [0.15, 0.2) is 0 Å². The highest BCUT2D eigenvalue weighted by Crippen LogP contribution is 2.30. The topological polar surface area (TPSA) is 6.48 Å². The first kappa shape index (κ1) is 23.9. The molecule has 2 aliphatic heterocycles. The molecule has 0 aromatic heterocycles. The van der Waals surface area contributed by atoms with Crippen LogP contribution in [0.1, 0.15) is 98.8 Å². The van der Waals surface area contributed by atoms with E-state index in [4.69, 9.17) is 0 Å². The number of hydrogen-bond acceptors (Lipinski definition) is 2. The molecule has 1 aliphatic carbocycles. The molecule has 0 radical (unpaired) electrons. The van der Waals surface area contributed by atoms with Crippen molar-refractivity contribution < 1.29 is 4.39 Å². The number of hydrogen-bond donors (Lipinski definition) is 0. The standard InChI is InChI=1S/C14H27FN2.C7H14.C2H6/c1-13(2)17-10-6-14(15,7-11-17)12-16-8-4-3-5-9-16;1-2-4-7-5-3-6-7;1-2/h13H,3-12H2,1-2H3;7H,2-6H2,1H3;1-2H3. The average Bonchev–Trinajstić information content (AvgIpc) is 2.61. The Kier molecular flexibility index (Phi) is 12.0. The van der Waals surface area contributed by atoms with Gasteiger partial charge in [0, 0.05) is 25.7 Å². The summed E-state index contributed by atoms with van der Waals surface area (Å²) in [6.07, 6.45) is 12.7. The molecular formula is C23H47FN2. The zero-order valence-corrected chi connectivity index (χ0v) is 18.5. The fourth-order valence-corrected chi connectivity index (χ4v) is 4.31. The van der Waals surface area contributed by atoms with Crippen molar-refractivity contribution in [3.63, 3.8) is 0 Å². The summed E-state index contributed by atoms with van der Waals surface area (Å²) in [5.41, 5.74) is -0.914. The molecule has 1 saturated carbocycles. The highest BCUT2D eigenvalue weighted by molar-refractivity contribution is 4.90. The van der Waals surface area contributed by atoms with E-state index >= 15 is 0 Å². The summed E-state index contributed by atoms with van der Waals surface area (Å²) in [4.78, 5) is 4.74. The third kappa shape index (κ3) is 8.69. The maximum atomic E-state index is 14.7. The molecule has 0 aromatic rings. The molecule has 2 heterocycles. The highest BCUT2D eigenvalue weighted by atomic mass is 19.1. The molecule has 0 N–H and O–H groups in total. The Hall–Kier alpha value is -0.150. The molecule has 2 saturated heterocycles. The Morgan fingerprint density at radius 2 is 1.50 bits per heavy atom. The van der Waals surface area contributed by atoms with E-state index in [0.29, 0.717) is 12.6 Å². The fraction of sp³-hybridized carbons (Fsp3) is 1.00. The monoisotopic (exact) mass is 370 g/mol. The molecule has 0 unspecified atom stereocenters. The van der Waals surface area contributed by atoms with E-state index in [1.54, 1.807) is 0 Å². The van der Waals surface area contributed by atoms with Crippen LogP contribution in [0.3, 0.4) is 0 Å². The smallest absolute Gasteiger partial charge is 0.126 e. The predicted octanol–water partition coefficient (Wildman–Crippen LogP) is 6.30. The minimum absolute atomic E-state index is 0.564. The minimum Gasteiger partial charge on any atom is -0.301 e. The Bertz CT molecular complexity index is 327. The van der Waals surface area contributed by atoms with Crippen LogP contribution in [0.4, 0.5) is 4.39 Å². The number of alkyl halides is 1. The van der Waals surface area contributed by atoms with Gasteiger partial charge in [-0.1, -0.05) is 59.3 Å². The van der Waals surface area contributed by atoms with Crippen molar-refractivity contribution >= 4 is 0 Å². The van der Waals surface area contributed by atoms with Gasteiger partial charge in [-0.15, -0.1) is 0 Å². The van der Waals surface area contributed by atoms with E-state index in [0.717, 1.165) is 44.9 Å². The van der Waals surface area contributed by atoms with Gasteiger partial charge < -0.3 is 9.80 Å². The predicted molar refractivity (Wildman–Crippen MR) is 114 cm³/mol. The Morgan fingerprint density at radius 1 is 0.923 bits per heavy atom. The largest absolute Gasteiger partial charge is 0.301 e. The Labute approximate surface area is 163 Å². The molecule has 156 valence electrons. The van der Waals surface area contributed by atoms with Gasteiger partial charge in [0.25, 0.3) is 0 Å². The molecule has 3 rings (SSSR count). The van der Waals surface area contributed by atoms with E-state index in [-0.39, 0.29) is 0 Å². The van der Waals surface area contributed by atoms with Crippen LogP contribution < -0.4 is 0 Å². The normalized spacial score (nSPS) is 24.1. The lowest BCUT2D eigenvalue weighted by molar-refractivity contribution is 0.0113. The number of rotatable bonds is 5. The zero-order chi connectivity index (χ0) is 19.4. The highest BCUT2D eigenvalue weighted by Gasteiger charge is 2.36. The average molecular weight is 371 g/mol. The van der Waals surface area contributed by atoms with Crippen molar-refractivity contribution in [1.29, 1.82) is 0 Å². The number of nitrogens with zero attached hydrogens (tertiary/aromatic N) is 2. The first-order chi connectivity index (χ1) is 12.5. The van der Waals surface area contributed by atoms with Crippen molar-refractivity contribution in [2.24, 2.45) is 5.92 Å². The molecule has 26 heavy (non-hydrogen) atoms. The minimum atomic E-state index is -0.914. The van der Waals surface area contributed by atoms with E-state index < -0.39 is 5.67 Å². The zero-order valence-electron chi connectivity index (χ0n) is 18.5. The van der Waals surface area contributed by atoms with Crippen LogP contribution >= 0.6 is 0 Å². The van der Waals surface area contributed by atoms with Crippen LogP contribution in [0, 0.1) is 5.92 Å². The lowest BCUT2D eigenvalue weighted by atomic mass is 9.82. The first-order valence-electron chi connectivity index (χ1n) is 11.7. The Balaban J connectivity index is 0.000000313. The van der Waals surface area contributed by atoms with Crippen molar-refractivity contribution in [2.75, 3.05) is 32.7 Å². The second-order valence-electron chi connectivity index (χ2n) is 8.70. The van der Waals surface area contributed by atoms with Crippen molar-refractivity contribution in [3.05, 3.63) is 0 Å². The molecule has 3 fully saturated rings. The molecule has 0 aromatic carbocycles. The molecule has 3 aliphatic rings. The van der Waals surface area contributed by atoms with Gasteiger partial charge in [0.2, 0.25) is 0 Å². The number of likely N-dealkylation sites (tertiary alicyclic amines) is 2. The van der Waals surface area contributed by atoms with Gasteiger partial charge >= 0.3 is 0 Å². The molecule has 0 bridgehead atoms. The molecular weight excluding hydrogens is 323 g/mol. The van der Waals surface area contributed by atoms with Crippen LogP contribution in [0.15, 0.2) is 0 Å². The van der Waals surface area contributed by atoms with Crippen LogP contribution in [-0.4, -0.2) is 54.2 Å². The third-order valence-corrected chi connectivity index (χ3v) is 6.30. The number of halogens is 1. The quantitative estimate of drug-likeness (QED) is 0.560. The Morgan fingerprint density at radius 3 is 1.88 bits per heavy atom. The van der Waals surface area contributed by atoms with Crippen LogP contribution in [-0.2, 0) is 0 Å². The molecule has 3 heteroatoms. The van der Waals surface area contributed by atoms with Crippen molar-refractivity contribution in [3.8, 4) is 0 Å². The number of piperidine rings is 2. The summed E-state index contributed by atoms with van der Waals surface area (Å²) in [5.74, 6) is 1.13. The lowest BCUT2D eigenvalue weighted by Gasteiger charge is -2.41. The van der Waals surface area contributed by atoms with Crippen molar-refractivity contribution in [1.82, 2.24) is 9.80 Å². The molecule has 0 atom stereocenters. The van der Waals surface area contributed by atoms with Gasteiger partial charge in [0.1, 0.15) is 5.67 Å². The van der Waals surface area contributed by atoms with Gasteiger partial charge in [-0.05, 0) is 58.5 Å². The maximum Gasteiger partial charge on any atom is 0.126 e. The first-order valence-corrected chi connectivity index (χ1v) is 11.7. The van der Waals surface area contributed by atoms with Gasteiger partial charge in [0.05, 0.1) is 0 Å². The summed E-state index contributed by atoms with van der Waals surface area (Å²) in [7, 11) is 0. The van der Waals surface area contributed by atoms with Gasteiger partial charge in [-0.25, -0.2) is 4.39 Å². The SMILES string of the molecule is CC.CC(C)N1CCC(F)(CN2CCCCC2)CC1.CCCC1CCC1.